The van der Waals surface area contributed by atoms with Gasteiger partial charge in [-0.05, 0) is 72.8 Å². The molecule has 0 radical (unpaired) electrons. The van der Waals surface area contributed by atoms with E-state index in [9.17, 15) is 13.2 Å². The van der Waals surface area contributed by atoms with Crippen molar-refractivity contribution >= 4 is 0 Å². The average Bonchev–Trinajstić information content (AvgIpc) is 2.73. The summed E-state index contributed by atoms with van der Waals surface area (Å²) in [7, 11) is 0. The predicted molar refractivity (Wildman–Crippen MR) is 107 cm³/mol. The third-order valence-corrected chi connectivity index (χ3v) is 6.03. The SMILES string of the molecule is Cc1ccc(C2CCC(c3ccc(-c4ccccc4)c(F)c3F)CC2)cc1F. The minimum Gasteiger partial charge on any atom is -0.207 e. The van der Waals surface area contributed by atoms with Crippen LogP contribution in [0, 0.1) is 24.4 Å². The zero-order valence-electron chi connectivity index (χ0n) is 15.9. The van der Waals surface area contributed by atoms with Crippen molar-refractivity contribution in [3.8, 4) is 11.1 Å². The highest BCUT2D eigenvalue weighted by Gasteiger charge is 2.27. The minimum absolute atomic E-state index is 0.00543. The quantitative estimate of drug-likeness (QED) is 0.441. The van der Waals surface area contributed by atoms with Gasteiger partial charge in [0, 0.05) is 5.56 Å². The van der Waals surface area contributed by atoms with Crippen LogP contribution in [-0.4, -0.2) is 0 Å². The van der Waals surface area contributed by atoms with E-state index in [1.165, 1.54) is 0 Å². The van der Waals surface area contributed by atoms with Gasteiger partial charge in [-0.15, -0.1) is 0 Å². The summed E-state index contributed by atoms with van der Waals surface area (Å²) in [6, 6.07) is 17.9. The molecule has 0 nitrogen and oxygen atoms in total. The highest BCUT2D eigenvalue weighted by Crippen LogP contribution is 2.42. The van der Waals surface area contributed by atoms with Crippen LogP contribution in [0.5, 0.6) is 0 Å². The molecule has 0 saturated heterocycles. The van der Waals surface area contributed by atoms with Gasteiger partial charge >= 0.3 is 0 Å². The maximum absolute atomic E-state index is 14.8. The maximum atomic E-state index is 14.8. The minimum atomic E-state index is -0.772. The summed E-state index contributed by atoms with van der Waals surface area (Å²) in [4.78, 5) is 0. The third-order valence-electron chi connectivity index (χ3n) is 6.03. The first-order chi connectivity index (χ1) is 13.5. The Morgan fingerprint density at radius 3 is 2.07 bits per heavy atom. The summed E-state index contributed by atoms with van der Waals surface area (Å²) >= 11 is 0. The van der Waals surface area contributed by atoms with Crippen molar-refractivity contribution in [1.82, 2.24) is 0 Å². The lowest BCUT2D eigenvalue weighted by molar-refractivity contribution is 0.381. The van der Waals surface area contributed by atoms with Gasteiger partial charge in [-0.2, -0.15) is 0 Å². The fourth-order valence-corrected chi connectivity index (χ4v) is 4.32. The van der Waals surface area contributed by atoms with E-state index in [0.717, 1.165) is 31.2 Å². The van der Waals surface area contributed by atoms with Gasteiger partial charge in [0.1, 0.15) is 5.82 Å². The lowest BCUT2D eigenvalue weighted by atomic mass is 9.75. The Hall–Kier alpha value is -2.55. The molecule has 0 bridgehead atoms. The van der Waals surface area contributed by atoms with Gasteiger partial charge in [0.15, 0.2) is 11.6 Å². The Labute approximate surface area is 164 Å². The van der Waals surface area contributed by atoms with Crippen molar-refractivity contribution in [2.24, 2.45) is 0 Å². The number of rotatable bonds is 3. The van der Waals surface area contributed by atoms with Gasteiger partial charge in [-0.3, -0.25) is 0 Å². The molecule has 0 unspecified atom stereocenters. The number of benzene rings is 3. The molecular weight excluding hydrogens is 357 g/mol. The topological polar surface area (TPSA) is 0 Å². The molecule has 144 valence electrons. The number of halogens is 3. The molecule has 3 heteroatoms. The Balaban J connectivity index is 1.52. The molecule has 1 fully saturated rings. The lowest BCUT2D eigenvalue weighted by Crippen LogP contribution is -2.14. The number of aryl methyl sites for hydroxylation is 1. The normalized spacial score (nSPS) is 19.6. The Bertz CT molecular complexity index is 971. The van der Waals surface area contributed by atoms with Gasteiger partial charge in [0.2, 0.25) is 0 Å². The first-order valence-corrected chi connectivity index (χ1v) is 9.84. The summed E-state index contributed by atoms with van der Waals surface area (Å²) < 4.78 is 43.4. The molecule has 1 aliphatic rings. The largest absolute Gasteiger partial charge is 0.207 e. The highest BCUT2D eigenvalue weighted by molar-refractivity contribution is 5.64. The van der Waals surface area contributed by atoms with Crippen LogP contribution in [0.15, 0.2) is 60.7 Å². The number of hydrogen-bond donors (Lipinski definition) is 0. The molecule has 28 heavy (non-hydrogen) atoms. The molecule has 0 N–H and O–H groups in total. The molecular formula is C25H23F3. The van der Waals surface area contributed by atoms with Crippen LogP contribution in [0.4, 0.5) is 13.2 Å². The Kier molecular flexibility index (Phi) is 5.25. The fourth-order valence-electron chi connectivity index (χ4n) is 4.32. The van der Waals surface area contributed by atoms with E-state index in [1.54, 1.807) is 37.3 Å². The number of hydrogen-bond acceptors (Lipinski definition) is 0. The third kappa shape index (κ3) is 3.58. The highest BCUT2D eigenvalue weighted by atomic mass is 19.2. The summed E-state index contributed by atoms with van der Waals surface area (Å²) in [5, 5.41) is 0. The second-order valence-corrected chi connectivity index (χ2v) is 7.75. The second kappa shape index (κ2) is 7.83. The van der Waals surface area contributed by atoms with Crippen LogP contribution >= 0.6 is 0 Å². The standard InChI is InChI=1S/C25H23F3/c1-16-7-8-20(15-23(16)26)17-9-11-19(12-10-17)22-14-13-21(24(27)25(22)28)18-5-3-2-4-6-18/h2-8,13-15,17,19H,9-12H2,1H3. The molecule has 0 aliphatic heterocycles. The van der Waals surface area contributed by atoms with E-state index in [2.05, 4.69) is 0 Å². The molecule has 1 aliphatic carbocycles. The van der Waals surface area contributed by atoms with Crippen molar-refractivity contribution < 1.29 is 13.2 Å². The van der Waals surface area contributed by atoms with Gasteiger partial charge in [-0.25, -0.2) is 13.2 Å². The van der Waals surface area contributed by atoms with E-state index < -0.39 is 11.6 Å². The summed E-state index contributed by atoms with van der Waals surface area (Å²) in [5.74, 6) is -1.39. The van der Waals surface area contributed by atoms with E-state index in [-0.39, 0.29) is 17.7 Å². The van der Waals surface area contributed by atoms with Crippen molar-refractivity contribution in [3.63, 3.8) is 0 Å². The van der Waals surface area contributed by atoms with Crippen molar-refractivity contribution in [3.05, 3.63) is 94.8 Å². The summed E-state index contributed by atoms with van der Waals surface area (Å²) in [6.45, 7) is 1.76. The van der Waals surface area contributed by atoms with Crippen LogP contribution in [0.25, 0.3) is 11.1 Å². The average molecular weight is 380 g/mol. The first-order valence-electron chi connectivity index (χ1n) is 9.84. The van der Waals surface area contributed by atoms with Gasteiger partial charge in [-0.1, -0.05) is 54.6 Å². The van der Waals surface area contributed by atoms with E-state index in [0.29, 0.717) is 22.3 Å². The summed E-state index contributed by atoms with van der Waals surface area (Å²) in [6.07, 6.45) is 3.27. The summed E-state index contributed by atoms with van der Waals surface area (Å²) in [5.41, 5.74) is 3.09. The first kappa shape index (κ1) is 18.8. The monoisotopic (exact) mass is 380 g/mol. The van der Waals surface area contributed by atoms with Crippen molar-refractivity contribution in [2.75, 3.05) is 0 Å². The molecule has 0 atom stereocenters. The van der Waals surface area contributed by atoms with E-state index in [4.69, 9.17) is 0 Å². The van der Waals surface area contributed by atoms with Crippen molar-refractivity contribution in [1.29, 1.82) is 0 Å². The van der Waals surface area contributed by atoms with Crippen LogP contribution in [0.3, 0.4) is 0 Å². The second-order valence-electron chi connectivity index (χ2n) is 7.75. The van der Waals surface area contributed by atoms with Gasteiger partial charge in [0.25, 0.3) is 0 Å². The molecule has 1 saturated carbocycles. The van der Waals surface area contributed by atoms with E-state index >= 15 is 0 Å². The van der Waals surface area contributed by atoms with Gasteiger partial charge < -0.3 is 0 Å². The Morgan fingerprint density at radius 1 is 0.714 bits per heavy atom. The predicted octanol–water partition coefficient (Wildman–Crippen LogP) is 7.52. The molecule has 0 heterocycles. The van der Waals surface area contributed by atoms with Crippen LogP contribution in [0.2, 0.25) is 0 Å². The molecule has 4 rings (SSSR count). The van der Waals surface area contributed by atoms with Crippen molar-refractivity contribution in [2.45, 2.75) is 44.4 Å². The molecule has 0 amide bonds. The molecule has 3 aromatic carbocycles. The smallest absolute Gasteiger partial charge is 0.166 e. The van der Waals surface area contributed by atoms with Crippen LogP contribution < -0.4 is 0 Å². The van der Waals surface area contributed by atoms with Crippen LogP contribution in [-0.2, 0) is 0 Å². The molecule has 3 aromatic rings. The Morgan fingerprint density at radius 2 is 1.39 bits per heavy atom. The molecule has 0 spiro atoms. The zero-order chi connectivity index (χ0) is 19.7. The maximum Gasteiger partial charge on any atom is 0.166 e. The van der Waals surface area contributed by atoms with Gasteiger partial charge in [0.05, 0.1) is 0 Å². The lowest BCUT2D eigenvalue weighted by Gasteiger charge is -2.29. The molecule has 0 aromatic heterocycles. The van der Waals surface area contributed by atoms with Crippen LogP contribution in [0.1, 0.15) is 54.2 Å². The van der Waals surface area contributed by atoms with E-state index in [1.807, 2.05) is 30.3 Å². The fraction of sp³-hybridized carbons (Fsp3) is 0.280. The zero-order valence-corrected chi connectivity index (χ0v) is 15.9.